The van der Waals surface area contributed by atoms with Gasteiger partial charge in [-0.1, -0.05) is 38.5 Å². The molecular formula is C30H43FN6O5. The van der Waals surface area contributed by atoms with Crippen LogP contribution in [0.25, 0.3) is 11.2 Å². The lowest BCUT2D eigenvalue weighted by molar-refractivity contribution is -0.159. The van der Waals surface area contributed by atoms with Crippen LogP contribution < -0.4 is 10.6 Å². The molecule has 3 aliphatic carbocycles. The van der Waals surface area contributed by atoms with E-state index in [1.165, 1.54) is 35.6 Å². The zero-order valence-corrected chi connectivity index (χ0v) is 24.6. The SMILES string of the molecule is CN(C(=O)CC1CCCCC1)c1nc(N)nc2c1ncn2[C@@H]1O[C@H](COC(=O)C2(C3CCCCC3)CC2)[C@@H](O)[C@@]1(C)F. The minimum Gasteiger partial charge on any atom is -0.462 e. The average Bonchev–Trinajstić information content (AvgIpc) is 3.66. The highest BCUT2D eigenvalue weighted by molar-refractivity contribution is 5.99. The van der Waals surface area contributed by atoms with Gasteiger partial charge in [0.2, 0.25) is 11.9 Å². The first-order valence-corrected chi connectivity index (χ1v) is 15.6. The Morgan fingerprint density at radius 1 is 1.14 bits per heavy atom. The van der Waals surface area contributed by atoms with Crippen molar-refractivity contribution in [2.45, 2.75) is 114 Å². The van der Waals surface area contributed by atoms with E-state index in [4.69, 9.17) is 15.2 Å². The zero-order chi connectivity index (χ0) is 29.6. The van der Waals surface area contributed by atoms with Gasteiger partial charge in [0.05, 0.1) is 11.7 Å². The summed E-state index contributed by atoms with van der Waals surface area (Å²) < 4.78 is 29.2. The summed E-state index contributed by atoms with van der Waals surface area (Å²) in [6, 6.07) is 0. The number of aromatic nitrogens is 4. The number of aliphatic hydroxyl groups excluding tert-OH is 1. The molecule has 42 heavy (non-hydrogen) atoms. The van der Waals surface area contributed by atoms with Gasteiger partial charge in [0.1, 0.15) is 18.8 Å². The predicted octanol–water partition coefficient (Wildman–Crippen LogP) is 4.23. The number of alkyl halides is 1. The number of hydrogen-bond acceptors (Lipinski definition) is 9. The minimum atomic E-state index is -2.26. The highest BCUT2D eigenvalue weighted by atomic mass is 19.1. The summed E-state index contributed by atoms with van der Waals surface area (Å²) in [5.74, 6) is 0.440. The number of hydrogen-bond donors (Lipinski definition) is 2. The van der Waals surface area contributed by atoms with Crippen molar-refractivity contribution in [1.82, 2.24) is 19.5 Å². The molecule has 0 aromatic carbocycles. The van der Waals surface area contributed by atoms with Crippen LogP contribution in [-0.2, 0) is 19.1 Å². The number of esters is 1. The second-order valence-electron chi connectivity index (χ2n) is 13.1. The standard InChI is InChI=1S/C30H43FN6O5/c1-29(31)23(39)20(16-41-27(40)30(13-14-30)19-11-7-4-8-12-19)42-26(29)37-17-33-22-24(34-28(32)35-25(22)37)36(2)21(38)15-18-9-5-3-6-10-18/h17-20,23,26,39H,3-16H2,1-2H3,(H2,32,34,35)/t20-,23-,26-,29-/m1/s1. The average molecular weight is 587 g/mol. The maximum absolute atomic E-state index is 16.1. The van der Waals surface area contributed by atoms with Crippen molar-refractivity contribution in [3.05, 3.63) is 6.33 Å². The Bertz CT molecular complexity index is 1320. The van der Waals surface area contributed by atoms with Crippen LogP contribution >= 0.6 is 0 Å². The molecule has 4 fully saturated rings. The fourth-order valence-corrected chi connectivity index (χ4v) is 7.44. The molecule has 2 aromatic heterocycles. The number of carbonyl (C=O) groups excluding carboxylic acids is 2. The summed E-state index contributed by atoms with van der Waals surface area (Å²) in [5, 5.41) is 10.9. The first-order valence-electron chi connectivity index (χ1n) is 15.6. The van der Waals surface area contributed by atoms with Crippen LogP contribution in [0, 0.1) is 17.3 Å². The molecule has 2 aromatic rings. The van der Waals surface area contributed by atoms with E-state index in [1.807, 2.05) is 0 Å². The molecular weight excluding hydrogens is 543 g/mol. The molecule has 12 heteroatoms. The van der Waals surface area contributed by atoms with Gasteiger partial charge >= 0.3 is 5.97 Å². The van der Waals surface area contributed by atoms with Crippen LogP contribution in [0.3, 0.4) is 0 Å². The monoisotopic (exact) mass is 586 g/mol. The summed E-state index contributed by atoms with van der Waals surface area (Å²) in [4.78, 5) is 40.7. The molecule has 1 aliphatic heterocycles. The van der Waals surface area contributed by atoms with Crippen LogP contribution in [0.15, 0.2) is 6.33 Å². The highest BCUT2D eigenvalue weighted by Crippen LogP contribution is 2.57. The van der Waals surface area contributed by atoms with Gasteiger partial charge in [-0.15, -0.1) is 0 Å². The van der Waals surface area contributed by atoms with Gasteiger partial charge in [-0.05, 0) is 57.3 Å². The van der Waals surface area contributed by atoms with E-state index in [0.717, 1.165) is 64.2 Å². The largest absolute Gasteiger partial charge is 0.462 e. The second-order valence-corrected chi connectivity index (χ2v) is 13.1. The van der Waals surface area contributed by atoms with E-state index in [1.54, 1.807) is 7.05 Å². The minimum absolute atomic E-state index is 0.0951. The number of carbonyl (C=O) groups is 2. The Labute approximate surface area is 245 Å². The fraction of sp³-hybridized carbons (Fsp3) is 0.767. The van der Waals surface area contributed by atoms with Crippen LogP contribution in [0.1, 0.15) is 96.6 Å². The molecule has 4 aliphatic rings. The predicted molar refractivity (Wildman–Crippen MR) is 153 cm³/mol. The summed E-state index contributed by atoms with van der Waals surface area (Å²) in [6.45, 7) is 0.990. The first kappa shape index (κ1) is 29.2. The van der Waals surface area contributed by atoms with E-state index < -0.39 is 29.5 Å². The number of amides is 1. The number of nitrogens with two attached hydrogens (primary N) is 1. The van der Waals surface area contributed by atoms with Crippen molar-refractivity contribution in [2.24, 2.45) is 17.3 Å². The number of aliphatic hydroxyl groups is 1. The van der Waals surface area contributed by atoms with Crippen molar-refractivity contribution < 1.29 is 28.6 Å². The Kier molecular flexibility index (Phi) is 7.88. The van der Waals surface area contributed by atoms with E-state index in [0.29, 0.717) is 18.3 Å². The number of halogens is 1. The molecule has 3 N–H and O–H groups in total. The van der Waals surface area contributed by atoms with Gasteiger partial charge in [-0.25, -0.2) is 9.37 Å². The van der Waals surface area contributed by atoms with Crippen molar-refractivity contribution in [3.8, 4) is 0 Å². The Morgan fingerprint density at radius 3 is 2.48 bits per heavy atom. The second kappa shape index (κ2) is 11.3. The lowest BCUT2D eigenvalue weighted by Gasteiger charge is -2.29. The highest BCUT2D eigenvalue weighted by Gasteiger charge is 2.58. The fourth-order valence-electron chi connectivity index (χ4n) is 7.44. The summed E-state index contributed by atoms with van der Waals surface area (Å²) in [5.41, 5.74) is 3.81. The molecule has 6 rings (SSSR count). The van der Waals surface area contributed by atoms with E-state index in [-0.39, 0.29) is 41.4 Å². The van der Waals surface area contributed by atoms with Crippen molar-refractivity contribution >= 4 is 34.8 Å². The number of nitrogen functional groups attached to an aromatic ring is 1. The van der Waals surface area contributed by atoms with Gasteiger partial charge in [0.15, 0.2) is 28.9 Å². The molecule has 230 valence electrons. The van der Waals surface area contributed by atoms with Crippen LogP contribution in [0.2, 0.25) is 0 Å². The molecule has 1 saturated heterocycles. The zero-order valence-electron chi connectivity index (χ0n) is 24.6. The van der Waals surface area contributed by atoms with Gasteiger partial charge < -0.3 is 20.3 Å². The summed E-state index contributed by atoms with van der Waals surface area (Å²) >= 11 is 0. The van der Waals surface area contributed by atoms with Gasteiger partial charge in [0.25, 0.3) is 0 Å². The van der Waals surface area contributed by atoms with Crippen LogP contribution in [-0.4, -0.2) is 68.0 Å². The third-order valence-corrected chi connectivity index (χ3v) is 10.2. The van der Waals surface area contributed by atoms with E-state index in [9.17, 15) is 14.7 Å². The lowest BCUT2D eigenvalue weighted by Crippen LogP contribution is -2.41. The summed E-state index contributed by atoms with van der Waals surface area (Å²) in [7, 11) is 1.63. The van der Waals surface area contributed by atoms with Crippen molar-refractivity contribution in [2.75, 3.05) is 24.3 Å². The maximum atomic E-state index is 16.1. The third-order valence-electron chi connectivity index (χ3n) is 10.2. The molecule has 11 nitrogen and oxygen atoms in total. The molecule has 0 unspecified atom stereocenters. The van der Waals surface area contributed by atoms with Gasteiger partial charge in [-0.2, -0.15) is 9.97 Å². The number of rotatable bonds is 8. The smallest absolute Gasteiger partial charge is 0.312 e. The van der Waals surface area contributed by atoms with E-state index >= 15 is 4.39 Å². The first-order chi connectivity index (χ1) is 20.1. The maximum Gasteiger partial charge on any atom is 0.312 e. The number of nitrogens with zero attached hydrogens (tertiary/aromatic N) is 5. The molecule has 4 atom stereocenters. The van der Waals surface area contributed by atoms with Gasteiger partial charge in [0, 0.05) is 13.5 Å². The van der Waals surface area contributed by atoms with E-state index in [2.05, 4.69) is 15.0 Å². The molecule has 1 amide bonds. The molecule has 0 bridgehead atoms. The molecule has 3 saturated carbocycles. The Balaban J connectivity index is 1.18. The van der Waals surface area contributed by atoms with Crippen molar-refractivity contribution in [1.29, 1.82) is 0 Å². The quantitative estimate of drug-likeness (QED) is 0.434. The molecule has 0 radical (unpaired) electrons. The normalized spacial score (nSPS) is 30.0. The number of ether oxygens (including phenoxy) is 2. The van der Waals surface area contributed by atoms with Crippen molar-refractivity contribution in [3.63, 3.8) is 0 Å². The Hall–Kier alpha value is -2.86. The molecule has 0 spiro atoms. The number of fused-ring (bicyclic) bond motifs is 1. The van der Waals surface area contributed by atoms with Crippen LogP contribution in [0.5, 0.6) is 0 Å². The Morgan fingerprint density at radius 2 is 1.81 bits per heavy atom. The summed E-state index contributed by atoms with van der Waals surface area (Å²) in [6.07, 6.45) is 10.5. The third kappa shape index (κ3) is 5.25. The number of anilines is 2. The number of imidazole rings is 1. The molecule has 3 heterocycles. The lowest BCUT2D eigenvalue weighted by atomic mass is 9.77. The van der Waals surface area contributed by atoms with Gasteiger partial charge in [-0.3, -0.25) is 19.1 Å². The van der Waals surface area contributed by atoms with Crippen LogP contribution in [0.4, 0.5) is 16.2 Å². The topological polar surface area (TPSA) is 146 Å².